The highest BCUT2D eigenvalue weighted by Crippen LogP contribution is 2.29. The molecule has 3 nitrogen and oxygen atoms in total. The number of halogens is 1. The fraction of sp³-hybridized carbons (Fsp3) is 0.500. The van der Waals surface area contributed by atoms with Crippen molar-refractivity contribution in [3.63, 3.8) is 0 Å². The van der Waals surface area contributed by atoms with Crippen LogP contribution in [0.2, 0.25) is 5.02 Å². The van der Waals surface area contributed by atoms with Crippen molar-refractivity contribution in [3.05, 3.63) is 28.3 Å². The normalized spacial score (nSPS) is 10.5. The fourth-order valence-corrected chi connectivity index (χ4v) is 1.93. The van der Waals surface area contributed by atoms with E-state index in [1.54, 1.807) is 14.2 Å². The molecule has 16 heavy (non-hydrogen) atoms. The van der Waals surface area contributed by atoms with Gasteiger partial charge in [-0.15, -0.1) is 0 Å². The van der Waals surface area contributed by atoms with Crippen molar-refractivity contribution >= 4 is 11.6 Å². The van der Waals surface area contributed by atoms with Crippen LogP contribution in [-0.4, -0.2) is 20.8 Å². The van der Waals surface area contributed by atoms with E-state index < -0.39 is 0 Å². The van der Waals surface area contributed by atoms with Crippen LogP contribution >= 0.6 is 11.6 Å². The maximum absolute atomic E-state index is 6.01. The van der Waals surface area contributed by atoms with E-state index in [9.17, 15) is 0 Å². The van der Waals surface area contributed by atoms with Crippen LogP contribution in [0.4, 0.5) is 0 Å². The van der Waals surface area contributed by atoms with Crippen molar-refractivity contribution in [1.29, 1.82) is 0 Å². The second-order valence-corrected chi connectivity index (χ2v) is 4.01. The van der Waals surface area contributed by atoms with Gasteiger partial charge in [-0.1, -0.05) is 11.6 Å². The number of ether oxygens (including phenoxy) is 2. The Hall–Kier alpha value is -0.770. The summed E-state index contributed by atoms with van der Waals surface area (Å²) >= 11 is 6.01. The van der Waals surface area contributed by atoms with E-state index in [4.69, 9.17) is 26.8 Å². The third-order valence-electron chi connectivity index (χ3n) is 2.42. The van der Waals surface area contributed by atoms with Gasteiger partial charge in [-0.3, -0.25) is 0 Å². The molecule has 0 atom stereocenters. The smallest absolute Gasteiger partial charge is 0.123 e. The van der Waals surface area contributed by atoms with Crippen LogP contribution in [0.3, 0.4) is 0 Å². The second kappa shape index (κ2) is 6.74. The Morgan fingerprint density at radius 2 is 2.06 bits per heavy atom. The maximum Gasteiger partial charge on any atom is 0.123 e. The molecule has 0 amide bonds. The third kappa shape index (κ3) is 3.37. The van der Waals surface area contributed by atoms with Gasteiger partial charge in [-0.25, -0.2) is 0 Å². The van der Waals surface area contributed by atoms with E-state index >= 15 is 0 Å². The Kier molecular flexibility index (Phi) is 5.60. The Balaban J connectivity index is 3.05. The number of nitrogens with two attached hydrogens (primary N) is 1. The first kappa shape index (κ1) is 13.3. The molecular weight excluding hydrogens is 226 g/mol. The van der Waals surface area contributed by atoms with Crippen LogP contribution in [0.5, 0.6) is 5.75 Å². The maximum atomic E-state index is 6.01. The van der Waals surface area contributed by atoms with Gasteiger partial charge >= 0.3 is 0 Å². The van der Waals surface area contributed by atoms with Crippen molar-refractivity contribution in [1.82, 2.24) is 0 Å². The summed E-state index contributed by atoms with van der Waals surface area (Å²) in [5.74, 6) is 0.813. The molecule has 1 aromatic carbocycles. The molecule has 0 aliphatic rings. The molecule has 4 heteroatoms. The molecule has 0 saturated carbocycles. The molecule has 0 radical (unpaired) electrons. The number of hydrogen-bond acceptors (Lipinski definition) is 3. The summed E-state index contributed by atoms with van der Waals surface area (Å²) in [5, 5.41) is 0.667. The van der Waals surface area contributed by atoms with Gasteiger partial charge < -0.3 is 15.2 Å². The Morgan fingerprint density at radius 1 is 1.31 bits per heavy atom. The minimum Gasteiger partial charge on any atom is -0.496 e. The van der Waals surface area contributed by atoms with E-state index in [-0.39, 0.29) is 0 Å². The lowest BCUT2D eigenvalue weighted by atomic mass is 10.0. The van der Waals surface area contributed by atoms with Crippen molar-refractivity contribution < 1.29 is 9.47 Å². The molecule has 0 unspecified atom stereocenters. The monoisotopic (exact) mass is 243 g/mol. The molecule has 0 bridgehead atoms. The van der Waals surface area contributed by atoms with Gasteiger partial charge in [0, 0.05) is 12.1 Å². The largest absolute Gasteiger partial charge is 0.496 e. The first-order valence-corrected chi connectivity index (χ1v) is 5.65. The van der Waals surface area contributed by atoms with E-state index in [0.29, 0.717) is 18.2 Å². The lowest BCUT2D eigenvalue weighted by Crippen LogP contribution is -2.05. The minimum atomic E-state index is 0.539. The predicted octanol–water partition coefficient (Wildman–Crippen LogP) is 2.39. The fourth-order valence-electron chi connectivity index (χ4n) is 1.69. The van der Waals surface area contributed by atoms with Crippen LogP contribution in [0.1, 0.15) is 17.5 Å². The van der Waals surface area contributed by atoms with E-state index in [1.807, 2.05) is 12.1 Å². The Morgan fingerprint density at radius 3 is 2.62 bits per heavy atom. The van der Waals surface area contributed by atoms with Crippen molar-refractivity contribution in [3.8, 4) is 5.75 Å². The van der Waals surface area contributed by atoms with Crippen molar-refractivity contribution in [2.75, 3.05) is 20.8 Å². The minimum absolute atomic E-state index is 0.539. The van der Waals surface area contributed by atoms with Crippen LogP contribution in [-0.2, 0) is 17.8 Å². The van der Waals surface area contributed by atoms with E-state index in [0.717, 1.165) is 29.7 Å². The summed E-state index contributed by atoms with van der Waals surface area (Å²) in [7, 11) is 3.31. The zero-order chi connectivity index (χ0) is 12.0. The van der Waals surface area contributed by atoms with Gasteiger partial charge in [-0.05, 0) is 42.6 Å². The number of benzene rings is 1. The molecule has 1 aromatic rings. The highest BCUT2D eigenvalue weighted by molar-refractivity contribution is 6.30. The molecule has 0 saturated heterocycles. The molecule has 0 heterocycles. The SMILES string of the molecule is COCc1cc(Cl)cc(OC)c1CCCN. The van der Waals surface area contributed by atoms with Gasteiger partial charge in [0.15, 0.2) is 0 Å². The molecule has 0 fully saturated rings. The van der Waals surface area contributed by atoms with Gasteiger partial charge in [-0.2, -0.15) is 0 Å². The summed E-state index contributed by atoms with van der Waals surface area (Å²) in [4.78, 5) is 0. The number of rotatable bonds is 6. The molecule has 2 N–H and O–H groups in total. The second-order valence-electron chi connectivity index (χ2n) is 3.57. The van der Waals surface area contributed by atoms with Gasteiger partial charge in [0.1, 0.15) is 5.75 Å². The summed E-state index contributed by atoms with van der Waals surface area (Å²) in [6, 6.07) is 3.74. The highest BCUT2D eigenvalue weighted by Gasteiger charge is 2.10. The summed E-state index contributed by atoms with van der Waals surface area (Å²) in [6.07, 6.45) is 1.81. The number of methoxy groups -OCH3 is 2. The number of hydrogen-bond donors (Lipinski definition) is 1. The Bertz CT molecular complexity index is 342. The topological polar surface area (TPSA) is 44.5 Å². The summed E-state index contributed by atoms with van der Waals surface area (Å²) < 4.78 is 10.5. The molecule has 1 rings (SSSR count). The average Bonchev–Trinajstić information content (AvgIpc) is 2.27. The van der Waals surface area contributed by atoms with E-state index in [2.05, 4.69) is 0 Å². The van der Waals surface area contributed by atoms with Crippen LogP contribution in [0, 0.1) is 0 Å². The third-order valence-corrected chi connectivity index (χ3v) is 2.64. The molecule has 0 aliphatic carbocycles. The van der Waals surface area contributed by atoms with Gasteiger partial charge in [0.05, 0.1) is 13.7 Å². The van der Waals surface area contributed by atoms with Crippen molar-refractivity contribution in [2.24, 2.45) is 5.73 Å². The first-order chi connectivity index (χ1) is 7.72. The van der Waals surface area contributed by atoms with Crippen molar-refractivity contribution in [2.45, 2.75) is 19.4 Å². The molecule has 90 valence electrons. The predicted molar refractivity (Wildman–Crippen MR) is 66.1 cm³/mol. The lowest BCUT2D eigenvalue weighted by Gasteiger charge is -2.14. The lowest BCUT2D eigenvalue weighted by molar-refractivity contribution is 0.183. The van der Waals surface area contributed by atoms with Crippen LogP contribution in [0.25, 0.3) is 0 Å². The average molecular weight is 244 g/mol. The van der Waals surface area contributed by atoms with E-state index in [1.165, 1.54) is 0 Å². The molecular formula is C12H18ClNO2. The van der Waals surface area contributed by atoms with Gasteiger partial charge in [0.25, 0.3) is 0 Å². The zero-order valence-corrected chi connectivity index (χ0v) is 10.5. The van der Waals surface area contributed by atoms with Crippen LogP contribution in [0.15, 0.2) is 12.1 Å². The summed E-state index contributed by atoms with van der Waals surface area (Å²) in [5.41, 5.74) is 7.73. The van der Waals surface area contributed by atoms with Gasteiger partial charge in [0.2, 0.25) is 0 Å². The highest BCUT2D eigenvalue weighted by atomic mass is 35.5. The Labute approximate surface area is 101 Å². The van der Waals surface area contributed by atoms with Crippen LogP contribution < -0.4 is 10.5 Å². The zero-order valence-electron chi connectivity index (χ0n) is 9.75. The molecule has 0 aromatic heterocycles. The summed E-state index contributed by atoms with van der Waals surface area (Å²) in [6.45, 7) is 1.20. The quantitative estimate of drug-likeness (QED) is 0.835. The molecule has 0 spiro atoms. The molecule has 0 aliphatic heterocycles. The first-order valence-electron chi connectivity index (χ1n) is 5.27. The standard InChI is InChI=1S/C12H18ClNO2/c1-15-8-9-6-10(13)7-12(16-2)11(9)4-3-5-14/h6-7H,3-5,8,14H2,1-2H3.